The molecule has 1 aromatic heterocycles. The summed E-state index contributed by atoms with van der Waals surface area (Å²) in [6, 6.07) is 6.65. The molecule has 0 bridgehead atoms. The third-order valence-electron chi connectivity index (χ3n) is 3.66. The van der Waals surface area contributed by atoms with Crippen LogP contribution in [0.4, 0.5) is 0 Å². The van der Waals surface area contributed by atoms with Crippen molar-refractivity contribution in [2.45, 2.75) is 24.9 Å². The Bertz CT molecular complexity index is 867. The SMILES string of the molecule is [N-]=[N+]=NC[C@H]1O[C@H](n2c(=O)[nH]c(=O)c3ccccc32)C[C@@H]1O. The van der Waals surface area contributed by atoms with E-state index in [1.54, 1.807) is 24.3 Å². The standard InChI is InChI=1S/C13H13N5O4/c14-17-15-6-10-9(19)5-11(22-10)18-8-4-2-1-3-7(8)12(20)16-13(18)21/h1-4,9-11,19H,5-6H2,(H,16,20,21)/t9-,10+,11-/m0/s1. The summed E-state index contributed by atoms with van der Waals surface area (Å²) < 4.78 is 6.92. The predicted molar refractivity (Wildman–Crippen MR) is 77.4 cm³/mol. The maximum atomic E-state index is 12.1. The summed E-state index contributed by atoms with van der Waals surface area (Å²) in [5.74, 6) is 0. The summed E-state index contributed by atoms with van der Waals surface area (Å²) in [4.78, 5) is 28.8. The minimum absolute atomic E-state index is 0.0236. The number of hydrogen-bond acceptors (Lipinski definition) is 5. The minimum Gasteiger partial charge on any atom is -0.390 e. The largest absolute Gasteiger partial charge is 0.390 e. The lowest BCUT2D eigenvalue weighted by Crippen LogP contribution is -2.33. The number of fused-ring (bicyclic) bond motifs is 1. The number of aromatic amines is 1. The topological polar surface area (TPSA) is 133 Å². The Balaban J connectivity index is 2.06. The number of aromatic nitrogens is 2. The van der Waals surface area contributed by atoms with Crippen molar-refractivity contribution in [2.24, 2.45) is 5.11 Å². The summed E-state index contributed by atoms with van der Waals surface area (Å²) in [5.41, 5.74) is 7.69. The Morgan fingerprint density at radius 1 is 1.45 bits per heavy atom. The molecule has 1 saturated heterocycles. The van der Waals surface area contributed by atoms with Crippen LogP contribution >= 0.6 is 0 Å². The van der Waals surface area contributed by atoms with Crippen molar-refractivity contribution < 1.29 is 9.84 Å². The lowest BCUT2D eigenvalue weighted by Gasteiger charge is -2.16. The number of aliphatic hydroxyl groups is 1. The van der Waals surface area contributed by atoms with Gasteiger partial charge in [0.15, 0.2) is 0 Å². The highest BCUT2D eigenvalue weighted by Crippen LogP contribution is 2.29. The second kappa shape index (κ2) is 5.64. The molecule has 2 heterocycles. The van der Waals surface area contributed by atoms with Crippen molar-refractivity contribution in [3.63, 3.8) is 0 Å². The zero-order chi connectivity index (χ0) is 15.7. The molecule has 9 nitrogen and oxygen atoms in total. The number of para-hydroxylation sites is 1. The van der Waals surface area contributed by atoms with Gasteiger partial charge in [0.05, 0.1) is 29.7 Å². The number of aliphatic hydroxyl groups excluding tert-OH is 1. The van der Waals surface area contributed by atoms with Crippen molar-refractivity contribution in [3.8, 4) is 0 Å². The zero-order valence-corrected chi connectivity index (χ0v) is 11.4. The summed E-state index contributed by atoms with van der Waals surface area (Å²) >= 11 is 0. The Kier molecular flexibility index (Phi) is 3.68. The normalized spacial score (nSPS) is 24.3. The summed E-state index contributed by atoms with van der Waals surface area (Å²) in [7, 11) is 0. The van der Waals surface area contributed by atoms with Crippen LogP contribution in [0, 0.1) is 0 Å². The molecule has 0 radical (unpaired) electrons. The van der Waals surface area contributed by atoms with Gasteiger partial charge in [-0.2, -0.15) is 0 Å². The smallest absolute Gasteiger partial charge is 0.330 e. The van der Waals surface area contributed by atoms with Gasteiger partial charge < -0.3 is 9.84 Å². The molecule has 1 aromatic carbocycles. The van der Waals surface area contributed by atoms with Crippen molar-refractivity contribution in [2.75, 3.05) is 6.54 Å². The maximum absolute atomic E-state index is 12.1. The van der Waals surface area contributed by atoms with E-state index in [1.165, 1.54) is 4.57 Å². The van der Waals surface area contributed by atoms with Gasteiger partial charge in [-0.3, -0.25) is 14.3 Å². The highest BCUT2D eigenvalue weighted by atomic mass is 16.5. The third kappa shape index (κ3) is 2.37. The minimum atomic E-state index is -0.854. The molecule has 0 spiro atoms. The van der Waals surface area contributed by atoms with E-state index in [4.69, 9.17) is 10.3 Å². The third-order valence-corrected chi connectivity index (χ3v) is 3.66. The van der Waals surface area contributed by atoms with Crippen LogP contribution in [0.5, 0.6) is 0 Å². The molecular weight excluding hydrogens is 290 g/mol. The second-order valence-electron chi connectivity index (χ2n) is 4.99. The van der Waals surface area contributed by atoms with Gasteiger partial charge in [0, 0.05) is 11.3 Å². The van der Waals surface area contributed by atoms with Crippen LogP contribution in [0.2, 0.25) is 0 Å². The Labute approximate surface area is 123 Å². The average Bonchev–Trinajstić information content (AvgIpc) is 2.86. The number of ether oxygens (including phenoxy) is 1. The van der Waals surface area contributed by atoms with Gasteiger partial charge in [-0.1, -0.05) is 17.2 Å². The quantitative estimate of drug-likeness (QED) is 0.489. The van der Waals surface area contributed by atoms with Gasteiger partial charge in [0.2, 0.25) is 0 Å². The van der Waals surface area contributed by atoms with Crippen LogP contribution in [0.25, 0.3) is 21.3 Å². The molecule has 1 fully saturated rings. The molecule has 0 aliphatic carbocycles. The van der Waals surface area contributed by atoms with Crippen molar-refractivity contribution >= 4 is 10.9 Å². The molecule has 9 heteroatoms. The fourth-order valence-corrected chi connectivity index (χ4v) is 2.65. The molecule has 1 aliphatic rings. The van der Waals surface area contributed by atoms with Gasteiger partial charge >= 0.3 is 5.69 Å². The van der Waals surface area contributed by atoms with Crippen LogP contribution in [0.15, 0.2) is 39.0 Å². The highest BCUT2D eigenvalue weighted by molar-refractivity contribution is 5.77. The number of azide groups is 1. The zero-order valence-electron chi connectivity index (χ0n) is 11.4. The molecule has 0 unspecified atom stereocenters. The van der Waals surface area contributed by atoms with Crippen LogP contribution in [-0.4, -0.2) is 33.4 Å². The van der Waals surface area contributed by atoms with E-state index in [0.29, 0.717) is 10.9 Å². The fraction of sp³-hybridized carbons (Fsp3) is 0.385. The number of hydrogen-bond donors (Lipinski definition) is 2. The highest BCUT2D eigenvalue weighted by Gasteiger charge is 2.35. The Morgan fingerprint density at radius 2 is 2.23 bits per heavy atom. The van der Waals surface area contributed by atoms with Crippen molar-refractivity contribution in [1.82, 2.24) is 9.55 Å². The molecule has 0 amide bonds. The van der Waals surface area contributed by atoms with E-state index in [0.717, 1.165) is 0 Å². The molecule has 0 saturated carbocycles. The van der Waals surface area contributed by atoms with Crippen LogP contribution < -0.4 is 11.2 Å². The summed E-state index contributed by atoms with van der Waals surface area (Å²) in [6.45, 7) is -0.0236. The number of H-pyrrole nitrogens is 1. The predicted octanol–water partition coefficient (Wildman–Crippen LogP) is 0.648. The van der Waals surface area contributed by atoms with Gasteiger partial charge in [0.25, 0.3) is 5.56 Å². The molecule has 3 atom stereocenters. The molecule has 1 aliphatic heterocycles. The number of rotatable bonds is 3. The van der Waals surface area contributed by atoms with E-state index in [-0.39, 0.29) is 13.0 Å². The average molecular weight is 303 g/mol. The van der Waals surface area contributed by atoms with E-state index in [2.05, 4.69) is 15.0 Å². The molecule has 3 rings (SSSR count). The number of nitrogens with zero attached hydrogens (tertiary/aromatic N) is 4. The van der Waals surface area contributed by atoms with Gasteiger partial charge in [-0.15, -0.1) is 0 Å². The summed E-state index contributed by atoms with van der Waals surface area (Å²) in [6.07, 6.45) is -2.10. The van der Waals surface area contributed by atoms with Crippen molar-refractivity contribution in [1.29, 1.82) is 0 Å². The van der Waals surface area contributed by atoms with Gasteiger partial charge in [-0.05, 0) is 17.7 Å². The van der Waals surface area contributed by atoms with Gasteiger partial charge in [-0.25, -0.2) is 4.79 Å². The molecule has 2 N–H and O–H groups in total. The van der Waals surface area contributed by atoms with E-state index in [9.17, 15) is 14.7 Å². The molecule has 114 valence electrons. The number of benzene rings is 1. The Hall–Kier alpha value is -2.61. The first kappa shape index (κ1) is 14.3. The van der Waals surface area contributed by atoms with Crippen molar-refractivity contribution in [3.05, 3.63) is 55.5 Å². The van der Waals surface area contributed by atoms with E-state index in [1.807, 2.05) is 0 Å². The van der Waals surface area contributed by atoms with Gasteiger partial charge in [0.1, 0.15) is 6.23 Å². The fourth-order valence-electron chi connectivity index (χ4n) is 2.65. The first-order chi connectivity index (χ1) is 10.6. The maximum Gasteiger partial charge on any atom is 0.330 e. The Morgan fingerprint density at radius 3 is 3.00 bits per heavy atom. The molecular formula is C13H13N5O4. The van der Waals surface area contributed by atoms with Crippen LogP contribution in [0.3, 0.4) is 0 Å². The summed E-state index contributed by atoms with van der Waals surface area (Å²) in [5, 5.41) is 13.7. The first-order valence-electron chi connectivity index (χ1n) is 6.69. The van der Waals surface area contributed by atoms with Crippen LogP contribution in [0.1, 0.15) is 12.6 Å². The number of nitrogens with one attached hydrogen (secondary N) is 1. The molecule has 22 heavy (non-hydrogen) atoms. The lowest BCUT2D eigenvalue weighted by molar-refractivity contribution is -0.0130. The molecule has 2 aromatic rings. The van der Waals surface area contributed by atoms with E-state index >= 15 is 0 Å². The monoisotopic (exact) mass is 303 g/mol. The van der Waals surface area contributed by atoms with E-state index < -0.39 is 29.7 Å². The lowest BCUT2D eigenvalue weighted by atomic mass is 10.1. The first-order valence-corrected chi connectivity index (χ1v) is 6.69. The van der Waals surface area contributed by atoms with Crippen LogP contribution in [-0.2, 0) is 4.74 Å². The second-order valence-corrected chi connectivity index (χ2v) is 4.99.